The third-order valence-corrected chi connectivity index (χ3v) is 0.848. The predicted molar refractivity (Wildman–Crippen MR) is 30.4 cm³/mol. The van der Waals surface area contributed by atoms with Gasteiger partial charge in [-0.3, -0.25) is 11.5 Å². The molecule has 0 aliphatic rings. The van der Waals surface area contributed by atoms with Crippen LogP contribution in [0.15, 0.2) is 0 Å². The highest BCUT2D eigenvalue weighted by Crippen LogP contribution is 1.85. The molecule has 0 aliphatic carbocycles. The van der Waals surface area contributed by atoms with Gasteiger partial charge in [0.05, 0.1) is 6.04 Å². The molecule has 0 rings (SSSR count). The first-order valence-electron chi connectivity index (χ1n) is 2.24. The van der Waals surface area contributed by atoms with Crippen molar-refractivity contribution in [3.63, 3.8) is 0 Å². The number of hydrogen-bond acceptors (Lipinski definition) is 5. The fourth-order valence-corrected chi connectivity index (χ4v) is 0.189. The first-order chi connectivity index (χ1) is 3.48. The molecule has 1 unspecified atom stereocenters. The van der Waals surface area contributed by atoms with Crippen molar-refractivity contribution in [3.05, 3.63) is 0 Å². The molecule has 5 heteroatoms. The molecule has 9 N–H and O–H groups in total. The summed E-state index contributed by atoms with van der Waals surface area (Å²) in [4.78, 5) is 0. The van der Waals surface area contributed by atoms with Gasteiger partial charge in [0.25, 0.3) is 0 Å². The van der Waals surface area contributed by atoms with Crippen LogP contribution in [0.1, 0.15) is 0 Å². The van der Waals surface area contributed by atoms with Gasteiger partial charge >= 0.3 is 0 Å². The van der Waals surface area contributed by atoms with E-state index in [1.807, 2.05) is 0 Å². The Morgan fingerprint density at radius 1 is 1.50 bits per heavy atom. The summed E-state index contributed by atoms with van der Waals surface area (Å²) in [5.74, 6) is -1.84. The molecule has 0 radical (unpaired) electrons. The van der Waals surface area contributed by atoms with E-state index in [2.05, 4.69) is 0 Å². The summed E-state index contributed by atoms with van der Waals surface area (Å²) in [6.07, 6.45) is 0. The standard InChI is InChI=1S/C3H12N4O/c4-1-2(5)3(6,7)8/h2,8H,1,4-7H2. The first kappa shape index (κ1) is 7.80. The maximum atomic E-state index is 8.64. The summed E-state index contributed by atoms with van der Waals surface area (Å²) in [6.45, 7) is 0.0729. The molecule has 0 heterocycles. The molecule has 5 nitrogen and oxygen atoms in total. The summed E-state index contributed by atoms with van der Waals surface area (Å²) < 4.78 is 0. The van der Waals surface area contributed by atoms with Crippen molar-refractivity contribution in [2.75, 3.05) is 6.54 Å². The molecular formula is C3H12N4O. The van der Waals surface area contributed by atoms with Crippen molar-refractivity contribution in [3.8, 4) is 0 Å². The number of nitrogens with two attached hydrogens (primary N) is 4. The smallest absolute Gasteiger partial charge is 0.183 e. The summed E-state index contributed by atoms with van der Waals surface area (Å²) in [6, 6.07) is -0.762. The monoisotopic (exact) mass is 120 g/mol. The van der Waals surface area contributed by atoms with E-state index in [1.165, 1.54) is 0 Å². The van der Waals surface area contributed by atoms with Crippen LogP contribution >= 0.6 is 0 Å². The van der Waals surface area contributed by atoms with Crippen molar-refractivity contribution >= 4 is 0 Å². The molecule has 0 saturated carbocycles. The largest absolute Gasteiger partial charge is 0.362 e. The zero-order valence-corrected chi connectivity index (χ0v) is 4.54. The Hall–Kier alpha value is -0.200. The van der Waals surface area contributed by atoms with E-state index >= 15 is 0 Å². The van der Waals surface area contributed by atoms with E-state index in [-0.39, 0.29) is 6.54 Å². The Balaban J connectivity index is 3.62. The lowest BCUT2D eigenvalue weighted by Crippen LogP contribution is -2.64. The van der Waals surface area contributed by atoms with Gasteiger partial charge in [-0.2, -0.15) is 0 Å². The van der Waals surface area contributed by atoms with Crippen LogP contribution in [-0.4, -0.2) is 23.5 Å². The third kappa shape index (κ3) is 2.20. The molecule has 0 bridgehead atoms. The molecule has 0 fully saturated rings. The Bertz CT molecular complexity index is 68.2. The highest BCUT2D eigenvalue weighted by Gasteiger charge is 2.22. The van der Waals surface area contributed by atoms with Gasteiger partial charge in [0, 0.05) is 6.54 Å². The van der Waals surface area contributed by atoms with Crippen molar-refractivity contribution < 1.29 is 5.11 Å². The van der Waals surface area contributed by atoms with Crippen LogP contribution < -0.4 is 22.9 Å². The van der Waals surface area contributed by atoms with Gasteiger partial charge in [-0.05, 0) is 0 Å². The second-order valence-corrected chi connectivity index (χ2v) is 1.73. The van der Waals surface area contributed by atoms with Gasteiger partial charge in [0.2, 0.25) is 0 Å². The van der Waals surface area contributed by atoms with Crippen LogP contribution in [0.25, 0.3) is 0 Å². The molecule has 0 spiro atoms. The van der Waals surface area contributed by atoms with Crippen molar-refractivity contribution in [1.29, 1.82) is 0 Å². The number of rotatable bonds is 2. The highest BCUT2D eigenvalue weighted by atomic mass is 16.3. The molecular weight excluding hydrogens is 108 g/mol. The molecule has 50 valence electrons. The summed E-state index contributed by atoms with van der Waals surface area (Å²) >= 11 is 0. The van der Waals surface area contributed by atoms with Gasteiger partial charge in [-0.25, -0.2) is 0 Å². The fraction of sp³-hybridized carbons (Fsp3) is 1.00. The van der Waals surface area contributed by atoms with Gasteiger partial charge in [0.1, 0.15) is 0 Å². The Morgan fingerprint density at radius 3 is 1.88 bits per heavy atom. The van der Waals surface area contributed by atoms with E-state index < -0.39 is 11.9 Å². The van der Waals surface area contributed by atoms with Crippen LogP contribution in [-0.2, 0) is 0 Å². The summed E-state index contributed by atoms with van der Waals surface area (Å²) in [5, 5.41) is 8.64. The van der Waals surface area contributed by atoms with E-state index in [4.69, 9.17) is 28.0 Å². The first-order valence-corrected chi connectivity index (χ1v) is 2.24. The van der Waals surface area contributed by atoms with Gasteiger partial charge in [-0.15, -0.1) is 0 Å². The number of aliphatic hydroxyl groups is 1. The lowest BCUT2D eigenvalue weighted by Gasteiger charge is -2.22. The van der Waals surface area contributed by atoms with Crippen molar-refractivity contribution in [1.82, 2.24) is 0 Å². The fourth-order valence-electron chi connectivity index (χ4n) is 0.189. The summed E-state index contributed by atoms with van der Waals surface area (Å²) in [7, 11) is 0. The average Bonchev–Trinajstić information content (AvgIpc) is 1.62. The maximum Gasteiger partial charge on any atom is 0.183 e. The van der Waals surface area contributed by atoms with Crippen LogP contribution in [0.3, 0.4) is 0 Å². The third-order valence-electron chi connectivity index (χ3n) is 0.848. The van der Waals surface area contributed by atoms with Crippen LogP contribution in [0, 0.1) is 0 Å². The number of hydrogen-bond donors (Lipinski definition) is 5. The zero-order valence-electron chi connectivity index (χ0n) is 4.54. The van der Waals surface area contributed by atoms with Crippen LogP contribution in [0.5, 0.6) is 0 Å². The highest BCUT2D eigenvalue weighted by molar-refractivity contribution is 4.77. The van der Waals surface area contributed by atoms with E-state index in [9.17, 15) is 0 Å². The lowest BCUT2D eigenvalue weighted by atomic mass is 10.2. The SMILES string of the molecule is NCC(N)C(N)(N)O. The van der Waals surface area contributed by atoms with E-state index in [0.717, 1.165) is 0 Å². The molecule has 0 aromatic rings. The van der Waals surface area contributed by atoms with Gasteiger partial charge in [0.15, 0.2) is 5.85 Å². The van der Waals surface area contributed by atoms with Gasteiger partial charge < -0.3 is 16.6 Å². The normalized spacial score (nSPS) is 16.1. The zero-order chi connectivity index (χ0) is 6.78. The lowest BCUT2D eigenvalue weighted by molar-refractivity contribution is 0.0294. The van der Waals surface area contributed by atoms with Crippen molar-refractivity contribution in [2.45, 2.75) is 11.9 Å². The molecule has 8 heavy (non-hydrogen) atoms. The van der Waals surface area contributed by atoms with Crippen molar-refractivity contribution in [2.24, 2.45) is 22.9 Å². The molecule has 0 aromatic carbocycles. The molecule has 0 amide bonds. The Morgan fingerprint density at radius 2 is 1.88 bits per heavy atom. The molecule has 0 saturated heterocycles. The van der Waals surface area contributed by atoms with Crippen LogP contribution in [0.4, 0.5) is 0 Å². The second kappa shape index (κ2) is 2.38. The average molecular weight is 120 g/mol. The molecule has 0 aliphatic heterocycles. The van der Waals surface area contributed by atoms with Gasteiger partial charge in [-0.1, -0.05) is 0 Å². The van der Waals surface area contributed by atoms with E-state index in [0.29, 0.717) is 0 Å². The minimum Gasteiger partial charge on any atom is -0.362 e. The predicted octanol–water partition coefficient (Wildman–Crippen LogP) is -3.16. The topological polar surface area (TPSA) is 124 Å². The second-order valence-electron chi connectivity index (χ2n) is 1.73. The van der Waals surface area contributed by atoms with Crippen LogP contribution in [0.2, 0.25) is 0 Å². The minimum atomic E-state index is -1.84. The quantitative estimate of drug-likeness (QED) is 0.246. The van der Waals surface area contributed by atoms with E-state index in [1.54, 1.807) is 0 Å². The minimum absolute atomic E-state index is 0.0729. The summed E-state index contributed by atoms with van der Waals surface area (Å²) in [5.41, 5.74) is 20.0. The Labute approximate surface area is 47.6 Å². The molecule has 1 atom stereocenters. The Kier molecular flexibility index (Phi) is 2.32. The molecule has 0 aromatic heterocycles. The maximum absolute atomic E-state index is 8.64.